The minimum Gasteiger partial charge on any atom is -0.480 e. The summed E-state index contributed by atoms with van der Waals surface area (Å²) < 4.78 is 10.9. The lowest BCUT2D eigenvalue weighted by molar-refractivity contribution is -0.142. The van der Waals surface area contributed by atoms with Crippen molar-refractivity contribution in [1.29, 1.82) is 0 Å². The van der Waals surface area contributed by atoms with Crippen LogP contribution in [0.3, 0.4) is 0 Å². The third-order valence-electron chi connectivity index (χ3n) is 6.63. The number of hydrogen-bond acceptors (Lipinski definition) is 5. The van der Waals surface area contributed by atoms with Crippen LogP contribution >= 0.6 is 0 Å². The number of carboxylic acids is 1. The van der Waals surface area contributed by atoms with E-state index < -0.39 is 29.8 Å². The van der Waals surface area contributed by atoms with E-state index in [1.165, 1.54) is 7.05 Å². The van der Waals surface area contributed by atoms with Gasteiger partial charge >= 0.3 is 18.2 Å². The van der Waals surface area contributed by atoms with Crippen LogP contribution in [0.25, 0.3) is 11.1 Å². The van der Waals surface area contributed by atoms with Crippen molar-refractivity contribution >= 4 is 18.2 Å². The van der Waals surface area contributed by atoms with Crippen LogP contribution in [-0.2, 0) is 27.2 Å². The summed E-state index contributed by atoms with van der Waals surface area (Å²) in [4.78, 5) is 38.2. The third kappa shape index (κ3) is 6.76. The smallest absolute Gasteiger partial charge is 0.410 e. The monoisotopic (exact) mass is 530 g/mol. The number of nitrogens with one attached hydrogen (secondary N) is 1. The first kappa shape index (κ1) is 27.7. The van der Waals surface area contributed by atoms with E-state index in [2.05, 4.69) is 17.4 Å². The molecule has 1 atom stereocenters. The van der Waals surface area contributed by atoms with Gasteiger partial charge in [0.15, 0.2) is 0 Å². The zero-order valence-electron chi connectivity index (χ0n) is 22.6. The van der Waals surface area contributed by atoms with Gasteiger partial charge in [-0.25, -0.2) is 14.4 Å². The Morgan fingerprint density at radius 3 is 2.10 bits per heavy atom. The number of hydrogen-bond donors (Lipinski definition) is 2. The molecule has 4 rings (SSSR count). The van der Waals surface area contributed by atoms with E-state index in [9.17, 15) is 19.5 Å². The molecule has 0 saturated carbocycles. The van der Waals surface area contributed by atoms with Crippen LogP contribution in [0, 0.1) is 0 Å². The predicted molar refractivity (Wildman–Crippen MR) is 147 cm³/mol. The second-order valence-electron chi connectivity index (χ2n) is 10.6. The Hall–Kier alpha value is -4.33. The summed E-state index contributed by atoms with van der Waals surface area (Å²) in [6, 6.07) is 22.1. The van der Waals surface area contributed by atoms with Crippen LogP contribution in [0.1, 0.15) is 48.9 Å². The maximum atomic E-state index is 13.0. The molecule has 3 aromatic rings. The molecule has 3 aromatic carbocycles. The average molecular weight is 531 g/mol. The number of amides is 2. The van der Waals surface area contributed by atoms with Crippen LogP contribution in [0.4, 0.5) is 9.59 Å². The quantitative estimate of drug-likeness (QED) is 0.394. The highest BCUT2D eigenvalue weighted by Crippen LogP contribution is 2.44. The van der Waals surface area contributed by atoms with Crippen molar-refractivity contribution in [3.8, 4) is 11.1 Å². The Balaban J connectivity index is 1.39. The number of aliphatic carboxylic acids is 1. The molecule has 39 heavy (non-hydrogen) atoms. The van der Waals surface area contributed by atoms with E-state index in [-0.39, 0.29) is 25.5 Å². The SMILES string of the molecule is CN(C(=O)OCC1c2ccccc2-c2ccccc21)C(Cc1cccc(CNC(=O)OC(C)(C)C)c1)C(=O)O. The molecule has 2 N–H and O–H groups in total. The molecule has 1 aliphatic rings. The summed E-state index contributed by atoms with van der Waals surface area (Å²) in [7, 11) is 1.44. The molecule has 1 unspecified atom stereocenters. The van der Waals surface area contributed by atoms with Crippen LogP contribution in [-0.4, -0.2) is 53.5 Å². The molecule has 0 saturated heterocycles. The van der Waals surface area contributed by atoms with Crippen LogP contribution in [0.15, 0.2) is 72.8 Å². The van der Waals surface area contributed by atoms with E-state index in [0.717, 1.165) is 32.7 Å². The Labute approximate surface area is 228 Å². The Bertz CT molecular complexity index is 1320. The molecule has 0 radical (unpaired) electrons. The van der Waals surface area contributed by atoms with Gasteiger partial charge in [-0.2, -0.15) is 0 Å². The molecular formula is C31H34N2O6. The maximum Gasteiger partial charge on any atom is 0.410 e. The number of fused-ring (bicyclic) bond motifs is 3. The van der Waals surface area contributed by atoms with Gasteiger partial charge in [0.25, 0.3) is 0 Å². The highest BCUT2D eigenvalue weighted by Gasteiger charge is 2.32. The van der Waals surface area contributed by atoms with Crippen LogP contribution in [0.2, 0.25) is 0 Å². The number of nitrogens with zero attached hydrogens (tertiary/aromatic N) is 1. The Kier molecular flexibility index (Phi) is 8.24. The van der Waals surface area contributed by atoms with Gasteiger partial charge in [-0.05, 0) is 54.2 Å². The number of ether oxygens (including phenoxy) is 2. The number of benzene rings is 3. The van der Waals surface area contributed by atoms with Crippen molar-refractivity contribution in [3.63, 3.8) is 0 Å². The topological polar surface area (TPSA) is 105 Å². The fourth-order valence-electron chi connectivity index (χ4n) is 4.79. The van der Waals surface area contributed by atoms with E-state index >= 15 is 0 Å². The molecule has 1 aliphatic carbocycles. The fraction of sp³-hybridized carbons (Fsp3) is 0.323. The summed E-state index contributed by atoms with van der Waals surface area (Å²) in [6.45, 7) is 5.68. The highest BCUT2D eigenvalue weighted by atomic mass is 16.6. The fourth-order valence-corrected chi connectivity index (χ4v) is 4.79. The average Bonchev–Trinajstić information content (AvgIpc) is 3.21. The summed E-state index contributed by atoms with van der Waals surface area (Å²) in [5.41, 5.74) is 5.29. The summed E-state index contributed by atoms with van der Waals surface area (Å²) in [5, 5.41) is 12.6. The lowest BCUT2D eigenvalue weighted by atomic mass is 9.98. The summed E-state index contributed by atoms with van der Waals surface area (Å²) >= 11 is 0. The number of likely N-dealkylation sites (N-methyl/N-ethyl adjacent to an activating group) is 1. The Morgan fingerprint density at radius 2 is 1.51 bits per heavy atom. The van der Waals surface area contributed by atoms with Crippen molar-refractivity contribution < 1.29 is 29.0 Å². The van der Waals surface area contributed by atoms with E-state index in [0.29, 0.717) is 5.56 Å². The lowest BCUT2D eigenvalue weighted by Gasteiger charge is -2.25. The largest absolute Gasteiger partial charge is 0.480 e. The number of alkyl carbamates (subject to hydrolysis) is 1. The van der Waals surface area contributed by atoms with E-state index in [1.807, 2.05) is 42.5 Å². The normalized spacial score (nSPS) is 13.1. The maximum absolute atomic E-state index is 13.0. The van der Waals surface area contributed by atoms with Crippen LogP contribution < -0.4 is 5.32 Å². The minimum absolute atomic E-state index is 0.0797. The van der Waals surface area contributed by atoms with Crippen molar-refractivity contribution in [2.45, 2.75) is 51.3 Å². The van der Waals surface area contributed by atoms with Crippen molar-refractivity contribution in [2.24, 2.45) is 0 Å². The van der Waals surface area contributed by atoms with Gasteiger partial charge in [0.1, 0.15) is 18.2 Å². The van der Waals surface area contributed by atoms with Gasteiger partial charge < -0.3 is 19.9 Å². The second kappa shape index (κ2) is 11.6. The molecule has 0 spiro atoms. The van der Waals surface area contributed by atoms with Gasteiger partial charge in [-0.1, -0.05) is 72.8 Å². The van der Waals surface area contributed by atoms with Gasteiger partial charge in [-0.3, -0.25) is 4.90 Å². The summed E-state index contributed by atoms with van der Waals surface area (Å²) in [6.07, 6.45) is -1.16. The highest BCUT2D eigenvalue weighted by molar-refractivity contribution is 5.81. The molecule has 0 heterocycles. The van der Waals surface area contributed by atoms with Crippen molar-refractivity contribution in [2.75, 3.05) is 13.7 Å². The molecule has 8 heteroatoms. The number of rotatable bonds is 8. The first-order chi connectivity index (χ1) is 18.5. The van der Waals surface area contributed by atoms with E-state index in [4.69, 9.17) is 9.47 Å². The second-order valence-corrected chi connectivity index (χ2v) is 10.6. The number of carbonyl (C=O) groups excluding carboxylic acids is 2. The van der Waals surface area contributed by atoms with Gasteiger partial charge in [0.2, 0.25) is 0 Å². The van der Waals surface area contributed by atoms with Gasteiger partial charge in [0, 0.05) is 25.9 Å². The zero-order valence-corrected chi connectivity index (χ0v) is 22.6. The van der Waals surface area contributed by atoms with E-state index in [1.54, 1.807) is 39.0 Å². The molecule has 2 amide bonds. The lowest BCUT2D eigenvalue weighted by Crippen LogP contribution is -2.44. The molecular weight excluding hydrogens is 496 g/mol. The van der Waals surface area contributed by atoms with Gasteiger partial charge in [0.05, 0.1) is 0 Å². The molecule has 0 aromatic heterocycles. The zero-order chi connectivity index (χ0) is 28.2. The first-order valence-electron chi connectivity index (χ1n) is 12.9. The van der Waals surface area contributed by atoms with Crippen molar-refractivity contribution in [3.05, 3.63) is 95.1 Å². The standard InChI is InChI=1S/C31H34N2O6/c1-31(2,3)39-29(36)32-18-21-11-9-10-20(16-21)17-27(28(34)35)33(4)30(37)38-19-26-24-14-7-5-12-22(24)23-13-6-8-15-25(23)26/h5-16,26-27H,17-19H2,1-4H3,(H,32,36)(H,34,35). The van der Waals surface area contributed by atoms with Gasteiger partial charge in [-0.15, -0.1) is 0 Å². The third-order valence-corrected chi connectivity index (χ3v) is 6.63. The number of carboxylic acid groups (broad SMARTS) is 1. The van der Waals surface area contributed by atoms with Crippen molar-refractivity contribution in [1.82, 2.24) is 10.2 Å². The minimum atomic E-state index is -1.14. The van der Waals surface area contributed by atoms with Crippen LogP contribution in [0.5, 0.6) is 0 Å². The molecule has 0 bridgehead atoms. The molecule has 8 nitrogen and oxygen atoms in total. The summed E-state index contributed by atoms with van der Waals surface area (Å²) in [5.74, 6) is -1.25. The molecule has 0 aliphatic heterocycles. The molecule has 0 fully saturated rings. The Morgan fingerprint density at radius 1 is 0.923 bits per heavy atom. The first-order valence-corrected chi connectivity index (χ1v) is 12.9. The predicted octanol–water partition coefficient (Wildman–Crippen LogP) is 5.59. The molecule has 204 valence electrons. The number of carbonyl (C=O) groups is 3.